The van der Waals surface area contributed by atoms with E-state index in [4.69, 9.17) is 9.72 Å². The molecule has 31 heavy (non-hydrogen) atoms. The molecule has 0 atom stereocenters. The molecule has 1 aromatic carbocycles. The molecule has 0 aliphatic rings. The van der Waals surface area contributed by atoms with E-state index in [-0.39, 0.29) is 12.4 Å². The molecule has 158 valence electrons. The molecule has 0 spiro atoms. The first-order chi connectivity index (χ1) is 14.8. The summed E-state index contributed by atoms with van der Waals surface area (Å²) in [7, 11) is 0. The Labute approximate surface area is 184 Å². The summed E-state index contributed by atoms with van der Waals surface area (Å²) in [4.78, 5) is 31.1. The first-order valence-electron chi connectivity index (χ1n) is 9.96. The minimum absolute atomic E-state index is 0.138. The van der Waals surface area contributed by atoms with Gasteiger partial charge in [-0.05, 0) is 36.6 Å². The Morgan fingerprint density at radius 3 is 2.48 bits per heavy atom. The number of carbonyl (C=O) groups excluding carboxylic acids is 2. The molecule has 4 aromatic rings. The number of hydrogen-bond acceptors (Lipinski definition) is 6. The minimum atomic E-state index is -0.579. The molecule has 0 amide bonds. The Morgan fingerprint density at radius 1 is 1.10 bits per heavy atom. The summed E-state index contributed by atoms with van der Waals surface area (Å²) in [6.45, 7) is 6.97. The van der Waals surface area contributed by atoms with E-state index in [1.165, 1.54) is 11.3 Å². The smallest absolute Gasteiger partial charge is 0.339 e. The molecule has 0 fully saturated rings. The summed E-state index contributed by atoms with van der Waals surface area (Å²) in [5, 5.41) is 7.22. The average molecular weight is 434 g/mol. The maximum absolute atomic E-state index is 13.1. The summed E-state index contributed by atoms with van der Waals surface area (Å²) in [6.07, 6.45) is 0. The van der Waals surface area contributed by atoms with Gasteiger partial charge in [0.15, 0.2) is 18.0 Å². The van der Waals surface area contributed by atoms with Crippen molar-refractivity contribution in [1.29, 1.82) is 0 Å². The van der Waals surface area contributed by atoms with Crippen LogP contribution >= 0.6 is 11.3 Å². The normalized spacial score (nSPS) is 11.6. The van der Waals surface area contributed by atoms with Gasteiger partial charge in [-0.15, -0.1) is 11.3 Å². The van der Waals surface area contributed by atoms with Crippen LogP contribution in [0.4, 0.5) is 0 Å². The minimum Gasteiger partial charge on any atom is -0.454 e. The Morgan fingerprint density at radius 2 is 1.84 bits per heavy atom. The number of ether oxygens (including phenoxy) is 1. The molecule has 0 radical (unpaired) electrons. The van der Waals surface area contributed by atoms with Crippen molar-refractivity contribution in [2.24, 2.45) is 5.41 Å². The van der Waals surface area contributed by atoms with Crippen LogP contribution < -0.4 is 0 Å². The number of esters is 1. The number of aryl methyl sites for hydroxylation is 1. The number of ketones is 1. The zero-order valence-corrected chi connectivity index (χ0v) is 18.7. The molecule has 3 aromatic heterocycles. The summed E-state index contributed by atoms with van der Waals surface area (Å²) < 4.78 is 7.15. The quantitative estimate of drug-likeness (QED) is 0.403. The molecule has 0 unspecified atom stereocenters. The van der Waals surface area contributed by atoms with E-state index in [9.17, 15) is 9.59 Å². The first-order valence-corrected chi connectivity index (χ1v) is 10.8. The predicted octanol–water partition coefficient (Wildman–Crippen LogP) is 5.23. The molecule has 6 nitrogen and oxygen atoms in total. The lowest BCUT2D eigenvalue weighted by molar-refractivity contribution is -0.129. The number of aromatic nitrogens is 3. The number of benzene rings is 1. The Balaban J connectivity index is 1.85. The number of carbonyl (C=O) groups is 2. The molecule has 0 saturated heterocycles. The standard InChI is InChI=1S/C24H23N3O3S/c1-15-21-17(23(29)30-14-20(28)24(2,3)4)13-18(19-11-8-12-31-19)25-22(21)27(26-15)16-9-6-5-7-10-16/h5-13H,14H2,1-4H3. The van der Waals surface area contributed by atoms with Crippen LogP contribution in [-0.4, -0.2) is 33.1 Å². The van der Waals surface area contributed by atoms with Crippen LogP contribution in [0, 0.1) is 12.3 Å². The number of rotatable bonds is 5. The Bertz CT molecular complexity index is 1250. The summed E-state index contributed by atoms with van der Waals surface area (Å²) in [5.74, 6) is -0.695. The van der Waals surface area contributed by atoms with Gasteiger partial charge in [-0.1, -0.05) is 45.0 Å². The molecule has 7 heteroatoms. The second-order valence-corrected chi connectivity index (χ2v) is 9.26. The molecule has 0 N–H and O–H groups in total. The van der Waals surface area contributed by atoms with Gasteiger partial charge in [0.25, 0.3) is 0 Å². The number of nitrogens with zero attached hydrogens (tertiary/aromatic N) is 3. The van der Waals surface area contributed by atoms with Gasteiger partial charge in [0.05, 0.1) is 32.9 Å². The van der Waals surface area contributed by atoms with Crippen molar-refractivity contribution in [2.75, 3.05) is 6.61 Å². The predicted molar refractivity (Wildman–Crippen MR) is 122 cm³/mol. The van der Waals surface area contributed by atoms with Crippen LogP contribution in [0.25, 0.3) is 27.3 Å². The molecule has 4 rings (SSSR count). The lowest BCUT2D eigenvalue weighted by Gasteiger charge is -2.16. The van der Waals surface area contributed by atoms with Gasteiger partial charge >= 0.3 is 5.97 Å². The third-order valence-electron chi connectivity index (χ3n) is 4.98. The SMILES string of the molecule is Cc1nn(-c2ccccc2)c2nc(-c3cccs3)cc(C(=O)OCC(=O)C(C)(C)C)c12. The van der Waals surface area contributed by atoms with Crippen LogP contribution in [0.15, 0.2) is 53.9 Å². The third-order valence-corrected chi connectivity index (χ3v) is 5.87. The molecule has 0 aliphatic heterocycles. The van der Waals surface area contributed by atoms with Crippen molar-refractivity contribution in [1.82, 2.24) is 14.8 Å². The number of hydrogen-bond donors (Lipinski definition) is 0. The first kappa shape index (κ1) is 20.9. The van der Waals surface area contributed by atoms with Crippen molar-refractivity contribution in [3.8, 4) is 16.3 Å². The summed E-state index contributed by atoms with van der Waals surface area (Å²) in [6, 6.07) is 15.3. The average Bonchev–Trinajstić information content (AvgIpc) is 3.39. The fourth-order valence-electron chi connectivity index (χ4n) is 3.18. The molecule has 0 saturated carbocycles. The topological polar surface area (TPSA) is 74.1 Å². The van der Waals surface area contributed by atoms with Gasteiger partial charge < -0.3 is 4.74 Å². The highest BCUT2D eigenvalue weighted by Crippen LogP contribution is 2.31. The number of para-hydroxylation sites is 1. The molecule has 3 heterocycles. The van der Waals surface area contributed by atoms with Crippen molar-refractivity contribution >= 4 is 34.1 Å². The van der Waals surface area contributed by atoms with Crippen LogP contribution in [0.5, 0.6) is 0 Å². The molecule has 0 bridgehead atoms. The molecule has 0 aliphatic carbocycles. The van der Waals surface area contributed by atoms with Gasteiger partial charge in [-0.25, -0.2) is 14.5 Å². The molecular formula is C24H23N3O3S. The number of fused-ring (bicyclic) bond motifs is 1. The summed E-state index contributed by atoms with van der Waals surface area (Å²) in [5.41, 5.74) is 2.52. The number of Topliss-reactive ketones (excluding diaryl/α,β-unsaturated/α-hetero) is 1. The largest absolute Gasteiger partial charge is 0.454 e. The van der Waals surface area contributed by atoms with E-state index >= 15 is 0 Å². The second-order valence-electron chi connectivity index (χ2n) is 8.31. The van der Waals surface area contributed by atoms with Crippen LogP contribution in [0.2, 0.25) is 0 Å². The molecular weight excluding hydrogens is 410 g/mol. The lowest BCUT2D eigenvalue weighted by atomic mass is 9.91. The van der Waals surface area contributed by atoms with Crippen molar-refractivity contribution in [2.45, 2.75) is 27.7 Å². The van der Waals surface area contributed by atoms with Crippen LogP contribution in [0.3, 0.4) is 0 Å². The van der Waals surface area contributed by atoms with Gasteiger partial charge in [0, 0.05) is 5.41 Å². The zero-order chi connectivity index (χ0) is 22.2. The van der Waals surface area contributed by atoms with Crippen molar-refractivity contribution < 1.29 is 14.3 Å². The van der Waals surface area contributed by atoms with E-state index < -0.39 is 11.4 Å². The second kappa shape index (κ2) is 8.07. The van der Waals surface area contributed by atoms with E-state index in [1.807, 2.05) is 54.8 Å². The van der Waals surface area contributed by atoms with Crippen molar-refractivity contribution in [3.05, 3.63) is 65.2 Å². The van der Waals surface area contributed by atoms with E-state index in [0.717, 1.165) is 10.6 Å². The maximum Gasteiger partial charge on any atom is 0.339 e. The Kier molecular flexibility index (Phi) is 5.45. The fraction of sp³-hybridized carbons (Fsp3) is 0.250. The van der Waals surface area contributed by atoms with Gasteiger partial charge in [0.1, 0.15) is 0 Å². The highest BCUT2D eigenvalue weighted by molar-refractivity contribution is 7.13. The third kappa shape index (κ3) is 4.14. The maximum atomic E-state index is 13.1. The number of pyridine rings is 1. The van der Waals surface area contributed by atoms with Crippen LogP contribution in [0.1, 0.15) is 36.8 Å². The van der Waals surface area contributed by atoms with Gasteiger partial charge in [-0.3, -0.25) is 4.79 Å². The highest BCUT2D eigenvalue weighted by atomic mass is 32.1. The van der Waals surface area contributed by atoms with E-state index in [1.54, 1.807) is 31.5 Å². The monoisotopic (exact) mass is 433 g/mol. The highest BCUT2D eigenvalue weighted by Gasteiger charge is 2.25. The zero-order valence-electron chi connectivity index (χ0n) is 17.9. The Hall–Kier alpha value is -3.32. The summed E-state index contributed by atoms with van der Waals surface area (Å²) >= 11 is 1.54. The number of thiophene rings is 1. The lowest BCUT2D eigenvalue weighted by Crippen LogP contribution is -2.26. The van der Waals surface area contributed by atoms with Gasteiger partial charge in [0.2, 0.25) is 0 Å². The van der Waals surface area contributed by atoms with E-state index in [0.29, 0.717) is 28.0 Å². The van der Waals surface area contributed by atoms with E-state index in [2.05, 4.69) is 5.10 Å². The van der Waals surface area contributed by atoms with Crippen molar-refractivity contribution in [3.63, 3.8) is 0 Å². The van der Waals surface area contributed by atoms with Crippen LogP contribution in [-0.2, 0) is 9.53 Å². The van der Waals surface area contributed by atoms with Gasteiger partial charge in [-0.2, -0.15) is 5.10 Å². The fourth-order valence-corrected chi connectivity index (χ4v) is 3.86.